The quantitative estimate of drug-likeness (QED) is 0.325. The van der Waals surface area contributed by atoms with Crippen LogP contribution in [0.1, 0.15) is 30.1 Å². The van der Waals surface area contributed by atoms with E-state index in [1.807, 2.05) is 0 Å². The summed E-state index contributed by atoms with van der Waals surface area (Å²) in [5, 5.41) is 13.9. The summed E-state index contributed by atoms with van der Waals surface area (Å²) >= 11 is 12.0. The summed E-state index contributed by atoms with van der Waals surface area (Å²) < 4.78 is 5.11. The molecule has 0 atom stereocenters. The van der Waals surface area contributed by atoms with Gasteiger partial charge in [-0.15, -0.1) is 0 Å². The Hall–Kier alpha value is -2.64. The molecule has 2 aromatic rings. The van der Waals surface area contributed by atoms with Crippen LogP contribution in [0.5, 0.6) is 5.75 Å². The van der Waals surface area contributed by atoms with Gasteiger partial charge in [-0.25, -0.2) is 0 Å². The molecule has 0 heterocycles. The van der Waals surface area contributed by atoms with Gasteiger partial charge in [0.05, 0.1) is 26.2 Å². The van der Waals surface area contributed by atoms with Crippen LogP contribution >= 0.6 is 23.2 Å². The van der Waals surface area contributed by atoms with Crippen molar-refractivity contribution in [2.45, 2.75) is 19.8 Å². The maximum atomic E-state index is 12.5. The molecule has 0 fully saturated rings. The van der Waals surface area contributed by atoms with Gasteiger partial charge in [-0.3, -0.25) is 19.7 Å². The van der Waals surface area contributed by atoms with Gasteiger partial charge >= 0.3 is 11.7 Å². The molecule has 0 unspecified atom stereocenters. The Morgan fingerprint density at radius 1 is 1.15 bits per heavy atom. The molecular weight excluding hydrogens is 383 g/mol. The maximum absolute atomic E-state index is 12.5. The molecule has 0 bridgehead atoms. The Morgan fingerprint density at radius 3 is 2.35 bits per heavy atom. The van der Waals surface area contributed by atoms with Crippen LogP contribution in [0.2, 0.25) is 10.0 Å². The first-order valence-electron chi connectivity index (χ1n) is 7.58. The second kappa shape index (κ2) is 8.64. The molecule has 1 amide bonds. The van der Waals surface area contributed by atoms with Gasteiger partial charge in [-0.1, -0.05) is 42.3 Å². The second-order valence-electron chi connectivity index (χ2n) is 5.19. The highest BCUT2D eigenvalue weighted by Crippen LogP contribution is 2.36. The van der Waals surface area contributed by atoms with E-state index in [1.165, 1.54) is 30.3 Å². The van der Waals surface area contributed by atoms with Gasteiger partial charge in [0.25, 0.3) is 5.91 Å². The SMILES string of the molecule is CCCC(=O)Oc1c(NC(=O)c2c(Cl)cccc2Cl)cccc1[N+](=O)[O-]. The van der Waals surface area contributed by atoms with Crippen molar-refractivity contribution in [3.05, 3.63) is 62.1 Å². The molecule has 0 aromatic heterocycles. The third-order valence-electron chi connectivity index (χ3n) is 3.30. The lowest BCUT2D eigenvalue weighted by Gasteiger charge is -2.12. The minimum atomic E-state index is -0.702. The third-order valence-corrected chi connectivity index (χ3v) is 3.93. The lowest BCUT2D eigenvalue weighted by Crippen LogP contribution is -2.16. The summed E-state index contributed by atoms with van der Waals surface area (Å²) in [5.41, 5.74) is -0.477. The smallest absolute Gasteiger partial charge is 0.313 e. The largest absolute Gasteiger partial charge is 0.417 e. The number of hydrogen-bond acceptors (Lipinski definition) is 5. The average molecular weight is 397 g/mol. The zero-order valence-corrected chi connectivity index (χ0v) is 15.1. The molecule has 0 saturated heterocycles. The fraction of sp³-hybridized carbons (Fsp3) is 0.176. The standard InChI is InChI=1S/C17H14Cl2N2O5/c1-2-5-14(22)26-16-12(8-4-9-13(16)21(24)25)20-17(23)15-10(18)6-3-7-11(15)19/h3-4,6-9H,2,5H2,1H3,(H,20,23). The van der Waals surface area contributed by atoms with Crippen molar-refractivity contribution in [2.24, 2.45) is 0 Å². The molecule has 2 aromatic carbocycles. The van der Waals surface area contributed by atoms with Gasteiger partial charge in [0, 0.05) is 12.5 Å². The molecule has 0 saturated carbocycles. The molecule has 26 heavy (non-hydrogen) atoms. The fourth-order valence-electron chi connectivity index (χ4n) is 2.14. The number of nitrogens with zero attached hydrogens (tertiary/aromatic N) is 1. The number of nitrogens with one attached hydrogen (secondary N) is 1. The van der Waals surface area contributed by atoms with Crippen molar-refractivity contribution in [3.8, 4) is 5.75 Å². The highest BCUT2D eigenvalue weighted by molar-refractivity contribution is 6.40. The lowest BCUT2D eigenvalue weighted by atomic mass is 10.2. The number of anilines is 1. The Bertz CT molecular complexity index is 850. The van der Waals surface area contributed by atoms with Crippen molar-refractivity contribution in [3.63, 3.8) is 0 Å². The minimum absolute atomic E-state index is 0.00757. The second-order valence-corrected chi connectivity index (χ2v) is 6.00. The summed E-state index contributed by atoms with van der Waals surface area (Å²) in [4.78, 5) is 34.8. The highest BCUT2D eigenvalue weighted by atomic mass is 35.5. The van der Waals surface area contributed by atoms with E-state index in [-0.39, 0.29) is 33.5 Å². The first kappa shape index (κ1) is 19.7. The molecule has 136 valence electrons. The molecule has 9 heteroatoms. The van der Waals surface area contributed by atoms with E-state index in [0.717, 1.165) is 0 Å². The monoisotopic (exact) mass is 396 g/mol. The van der Waals surface area contributed by atoms with Crippen molar-refractivity contribution in [2.75, 3.05) is 5.32 Å². The molecule has 2 rings (SSSR count). The van der Waals surface area contributed by atoms with Gasteiger partial charge in [-0.05, 0) is 24.6 Å². The number of para-hydroxylation sites is 1. The molecular formula is C17H14Cl2N2O5. The number of amides is 1. The molecule has 0 aliphatic heterocycles. The van der Waals surface area contributed by atoms with Gasteiger partial charge in [0.15, 0.2) is 0 Å². The molecule has 0 aliphatic carbocycles. The number of nitro groups is 1. The van der Waals surface area contributed by atoms with E-state index in [4.69, 9.17) is 27.9 Å². The highest BCUT2D eigenvalue weighted by Gasteiger charge is 2.24. The zero-order chi connectivity index (χ0) is 19.3. The van der Waals surface area contributed by atoms with E-state index >= 15 is 0 Å². The number of nitro benzene ring substituents is 1. The molecule has 0 spiro atoms. The number of hydrogen-bond donors (Lipinski definition) is 1. The molecule has 1 N–H and O–H groups in total. The van der Waals surface area contributed by atoms with E-state index in [9.17, 15) is 19.7 Å². The third kappa shape index (κ3) is 4.50. The summed E-state index contributed by atoms with van der Waals surface area (Å²) in [6.45, 7) is 1.77. The van der Waals surface area contributed by atoms with E-state index in [0.29, 0.717) is 6.42 Å². The first-order valence-corrected chi connectivity index (χ1v) is 8.34. The number of carbonyl (C=O) groups excluding carboxylic acids is 2. The van der Waals surface area contributed by atoms with Crippen LogP contribution in [-0.2, 0) is 4.79 Å². The van der Waals surface area contributed by atoms with Crippen LogP contribution < -0.4 is 10.1 Å². The minimum Gasteiger partial charge on any atom is -0.417 e. The van der Waals surface area contributed by atoms with Crippen LogP contribution in [0.25, 0.3) is 0 Å². The van der Waals surface area contributed by atoms with Crippen molar-refractivity contribution in [1.29, 1.82) is 0 Å². The number of benzene rings is 2. The Kier molecular flexibility index (Phi) is 6.54. The van der Waals surface area contributed by atoms with Gasteiger partial charge in [-0.2, -0.15) is 0 Å². The molecule has 0 radical (unpaired) electrons. The Balaban J connectivity index is 2.42. The van der Waals surface area contributed by atoms with E-state index in [2.05, 4.69) is 5.32 Å². The summed E-state index contributed by atoms with van der Waals surface area (Å²) in [7, 11) is 0. The van der Waals surface area contributed by atoms with Crippen LogP contribution in [-0.4, -0.2) is 16.8 Å². The van der Waals surface area contributed by atoms with Gasteiger partial charge in [0.2, 0.25) is 5.75 Å². The summed E-state index contributed by atoms with van der Waals surface area (Å²) in [5.74, 6) is -1.67. The first-order chi connectivity index (χ1) is 12.3. The molecule has 7 nitrogen and oxygen atoms in total. The average Bonchev–Trinajstić information content (AvgIpc) is 2.56. The van der Waals surface area contributed by atoms with Gasteiger partial charge in [0.1, 0.15) is 0 Å². The molecule has 0 aliphatic rings. The lowest BCUT2D eigenvalue weighted by molar-refractivity contribution is -0.385. The predicted molar refractivity (Wildman–Crippen MR) is 98.1 cm³/mol. The number of carbonyl (C=O) groups is 2. The number of esters is 1. The van der Waals surface area contributed by atoms with Gasteiger partial charge < -0.3 is 10.1 Å². The number of halogens is 2. The number of rotatable bonds is 6. The van der Waals surface area contributed by atoms with Crippen molar-refractivity contribution < 1.29 is 19.2 Å². The zero-order valence-electron chi connectivity index (χ0n) is 13.6. The van der Waals surface area contributed by atoms with Crippen molar-refractivity contribution >= 4 is 46.5 Å². The van der Waals surface area contributed by atoms with Crippen molar-refractivity contribution in [1.82, 2.24) is 0 Å². The Morgan fingerprint density at radius 2 is 1.77 bits per heavy atom. The Labute approximate surface area is 159 Å². The summed E-state index contributed by atoms with van der Waals surface area (Å²) in [6, 6.07) is 8.46. The van der Waals surface area contributed by atoms with Crippen LogP contribution in [0.4, 0.5) is 11.4 Å². The van der Waals surface area contributed by atoms with E-state index < -0.39 is 22.5 Å². The fourth-order valence-corrected chi connectivity index (χ4v) is 2.71. The normalized spacial score (nSPS) is 10.3. The van der Waals surface area contributed by atoms with Crippen LogP contribution in [0.15, 0.2) is 36.4 Å². The number of ether oxygens (including phenoxy) is 1. The van der Waals surface area contributed by atoms with Crippen LogP contribution in [0.3, 0.4) is 0 Å². The topological polar surface area (TPSA) is 98.5 Å². The van der Waals surface area contributed by atoms with Crippen LogP contribution in [0, 0.1) is 10.1 Å². The predicted octanol–water partition coefficient (Wildman–Crippen LogP) is 4.86. The maximum Gasteiger partial charge on any atom is 0.313 e. The summed E-state index contributed by atoms with van der Waals surface area (Å²) in [6.07, 6.45) is 0.589. The van der Waals surface area contributed by atoms with E-state index in [1.54, 1.807) is 13.0 Å².